The van der Waals surface area contributed by atoms with Crippen LogP contribution in [0.25, 0.3) is 0 Å². The number of nitrogens with one attached hydrogen (secondary N) is 1. The van der Waals surface area contributed by atoms with Crippen molar-refractivity contribution in [3.63, 3.8) is 0 Å². The number of hydrogen-bond acceptors (Lipinski definition) is 3. The van der Waals surface area contributed by atoms with Crippen LogP contribution < -0.4 is 9.62 Å². The monoisotopic (exact) mass is 329 g/mol. The van der Waals surface area contributed by atoms with Gasteiger partial charge in [-0.2, -0.15) is 0 Å². The molecule has 0 amide bonds. The third-order valence-electron chi connectivity index (χ3n) is 3.61. The van der Waals surface area contributed by atoms with Gasteiger partial charge >= 0.3 is 0 Å². The average molecular weight is 330 g/mol. The third-order valence-corrected chi connectivity index (χ3v) is 5.43. The lowest BCUT2D eigenvalue weighted by atomic mass is 9.99. The maximum absolute atomic E-state index is 12.4. The van der Waals surface area contributed by atoms with Crippen LogP contribution in [-0.2, 0) is 11.0 Å². The SMILES string of the molecule is CC(C)N1CCC(NS(=O)C(C)(C)C)c2ccc(Cl)nc21. The standard InChI is InChI=1S/C15H24ClN3OS/c1-10(2)19-9-8-12(18-21(20)15(3,4)5)11-6-7-13(16)17-14(11)19/h6-7,10,12,18H,8-9H2,1-5H3. The molecule has 1 aromatic rings. The van der Waals surface area contributed by atoms with Crippen molar-refractivity contribution in [1.82, 2.24) is 9.71 Å². The molecule has 0 spiro atoms. The van der Waals surface area contributed by atoms with Gasteiger partial charge in [-0.3, -0.25) is 0 Å². The number of nitrogens with zero attached hydrogens (tertiary/aromatic N) is 2. The molecule has 2 unspecified atom stereocenters. The van der Waals surface area contributed by atoms with E-state index in [1.807, 2.05) is 26.8 Å². The van der Waals surface area contributed by atoms with Crippen LogP contribution in [0.5, 0.6) is 0 Å². The van der Waals surface area contributed by atoms with Crippen LogP contribution in [-0.4, -0.2) is 26.5 Å². The van der Waals surface area contributed by atoms with E-state index in [4.69, 9.17) is 11.6 Å². The molecular weight excluding hydrogens is 306 g/mol. The Morgan fingerprint density at radius 2 is 2.10 bits per heavy atom. The fraction of sp³-hybridized carbons (Fsp3) is 0.667. The summed E-state index contributed by atoms with van der Waals surface area (Å²) in [7, 11) is -1.10. The van der Waals surface area contributed by atoms with E-state index in [1.165, 1.54) is 0 Å². The summed E-state index contributed by atoms with van der Waals surface area (Å²) >= 11 is 6.05. The molecule has 0 radical (unpaired) electrons. The maximum atomic E-state index is 12.4. The highest BCUT2D eigenvalue weighted by Gasteiger charge is 2.31. The number of pyridine rings is 1. The minimum Gasteiger partial charge on any atom is -0.354 e. The highest BCUT2D eigenvalue weighted by atomic mass is 35.5. The minimum atomic E-state index is -1.10. The van der Waals surface area contributed by atoms with Crippen molar-refractivity contribution in [2.24, 2.45) is 0 Å². The van der Waals surface area contributed by atoms with Crippen molar-refractivity contribution < 1.29 is 4.21 Å². The molecular formula is C15H24ClN3OS. The van der Waals surface area contributed by atoms with E-state index in [1.54, 1.807) is 6.07 Å². The maximum Gasteiger partial charge on any atom is 0.135 e. The molecule has 2 rings (SSSR count). The molecule has 0 aliphatic carbocycles. The Balaban J connectivity index is 2.32. The van der Waals surface area contributed by atoms with E-state index in [0.717, 1.165) is 24.3 Å². The Morgan fingerprint density at radius 1 is 1.43 bits per heavy atom. The van der Waals surface area contributed by atoms with Crippen LogP contribution in [0.3, 0.4) is 0 Å². The van der Waals surface area contributed by atoms with Crippen LogP contribution in [0.4, 0.5) is 5.82 Å². The van der Waals surface area contributed by atoms with E-state index in [-0.39, 0.29) is 10.8 Å². The number of fused-ring (bicyclic) bond motifs is 1. The van der Waals surface area contributed by atoms with E-state index >= 15 is 0 Å². The summed E-state index contributed by atoms with van der Waals surface area (Å²) in [6.07, 6.45) is 0.913. The van der Waals surface area contributed by atoms with Gasteiger partial charge in [0.15, 0.2) is 0 Å². The number of anilines is 1. The van der Waals surface area contributed by atoms with Crippen LogP contribution in [0.2, 0.25) is 5.15 Å². The fourth-order valence-electron chi connectivity index (χ4n) is 2.40. The summed E-state index contributed by atoms with van der Waals surface area (Å²) in [5.41, 5.74) is 1.08. The van der Waals surface area contributed by atoms with Crippen LogP contribution in [0.1, 0.15) is 52.6 Å². The van der Waals surface area contributed by atoms with Gasteiger partial charge in [0.2, 0.25) is 0 Å². The van der Waals surface area contributed by atoms with Gasteiger partial charge in [-0.1, -0.05) is 17.7 Å². The third kappa shape index (κ3) is 3.76. The Bertz CT molecular complexity index is 542. The number of rotatable bonds is 3. The number of halogens is 1. The zero-order valence-electron chi connectivity index (χ0n) is 13.3. The molecule has 118 valence electrons. The summed E-state index contributed by atoms with van der Waals surface area (Å²) in [5, 5.41) is 0.497. The van der Waals surface area contributed by atoms with Gasteiger partial charge in [-0.05, 0) is 47.1 Å². The first-order valence-electron chi connectivity index (χ1n) is 7.31. The summed E-state index contributed by atoms with van der Waals surface area (Å²) < 4.78 is 15.3. The smallest absolute Gasteiger partial charge is 0.135 e. The van der Waals surface area contributed by atoms with E-state index in [2.05, 4.69) is 28.5 Å². The van der Waals surface area contributed by atoms with Crippen molar-refractivity contribution in [2.45, 2.75) is 57.9 Å². The van der Waals surface area contributed by atoms with E-state index in [9.17, 15) is 4.21 Å². The van der Waals surface area contributed by atoms with Gasteiger partial charge in [0.25, 0.3) is 0 Å². The van der Waals surface area contributed by atoms with Crippen molar-refractivity contribution in [1.29, 1.82) is 0 Å². The molecule has 1 aliphatic heterocycles. The minimum absolute atomic E-state index is 0.0554. The number of hydrogen-bond donors (Lipinski definition) is 1. The predicted molar refractivity (Wildman–Crippen MR) is 90.1 cm³/mol. The molecule has 0 saturated heterocycles. The van der Waals surface area contributed by atoms with Crippen molar-refractivity contribution in [3.05, 3.63) is 22.8 Å². The first-order chi connectivity index (χ1) is 9.70. The molecule has 2 heterocycles. The summed E-state index contributed by atoms with van der Waals surface area (Å²) in [4.78, 5) is 6.74. The molecule has 4 nitrogen and oxygen atoms in total. The average Bonchev–Trinajstić information content (AvgIpc) is 2.36. The lowest BCUT2D eigenvalue weighted by molar-refractivity contribution is 0.517. The molecule has 21 heavy (non-hydrogen) atoms. The summed E-state index contributed by atoms with van der Waals surface area (Å²) in [6.45, 7) is 11.1. The lowest BCUT2D eigenvalue weighted by Crippen LogP contribution is -2.43. The van der Waals surface area contributed by atoms with Crippen LogP contribution in [0.15, 0.2) is 12.1 Å². The molecule has 0 saturated carbocycles. The predicted octanol–water partition coefficient (Wildman–Crippen LogP) is 3.45. The molecule has 1 aromatic heterocycles. The quantitative estimate of drug-likeness (QED) is 0.864. The Morgan fingerprint density at radius 3 is 2.67 bits per heavy atom. The van der Waals surface area contributed by atoms with Gasteiger partial charge < -0.3 is 4.90 Å². The normalized spacial score (nSPS) is 20.5. The molecule has 0 bridgehead atoms. The Kier molecular flexibility index (Phi) is 4.96. The van der Waals surface area contributed by atoms with Gasteiger partial charge in [0.05, 0.1) is 15.7 Å². The largest absolute Gasteiger partial charge is 0.354 e. The first-order valence-corrected chi connectivity index (χ1v) is 8.84. The number of aromatic nitrogens is 1. The summed E-state index contributed by atoms with van der Waals surface area (Å²) in [6, 6.07) is 4.22. The fourth-order valence-corrected chi connectivity index (χ4v) is 3.40. The van der Waals surface area contributed by atoms with Crippen LogP contribution >= 0.6 is 11.6 Å². The second-order valence-corrected chi connectivity index (χ2v) is 9.06. The second kappa shape index (κ2) is 6.23. The highest BCUT2D eigenvalue weighted by molar-refractivity contribution is 7.84. The van der Waals surface area contributed by atoms with Gasteiger partial charge in [0, 0.05) is 24.2 Å². The highest BCUT2D eigenvalue weighted by Crippen LogP contribution is 2.35. The molecule has 2 atom stereocenters. The van der Waals surface area contributed by atoms with Crippen molar-refractivity contribution in [3.8, 4) is 0 Å². The summed E-state index contributed by atoms with van der Waals surface area (Å²) in [5.74, 6) is 0.909. The topological polar surface area (TPSA) is 45.2 Å². The molecule has 1 aliphatic rings. The Labute approximate surface area is 134 Å². The zero-order chi connectivity index (χ0) is 15.8. The van der Waals surface area contributed by atoms with E-state index in [0.29, 0.717) is 11.2 Å². The molecule has 0 fully saturated rings. The van der Waals surface area contributed by atoms with Crippen molar-refractivity contribution >= 4 is 28.4 Å². The lowest BCUT2D eigenvalue weighted by Gasteiger charge is -2.38. The van der Waals surface area contributed by atoms with Crippen LogP contribution in [0, 0.1) is 0 Å². The van der Waals surface area contributed by atoms with E-state index < -0.39 is 11.0 Å². The second-order valence-electron chi connectivity index (χ2n) is 6.67. The van der Waals surface area contributed by atoms with Gasteiger partial charge in [-0.25, -0.2) is 13.9 Å². The zero-order valence-corrected chi connectivity index (χ0v) is 14.9. The molecule has 0 aromatic carbocycles. The first kappa shape index (κ1) is 16.7. The molecule has 6 heteroatoms. The Hall–Kier alpha value is -0.650. The van der Waals surface area contributed by atoms with Crippen molar-refractivity contribution in [2.75, 3.05) is 11.4 Å². The molecule has 1 N–H and O–H groups in total. The van der Waals surface area contributed by atoms with Gasteiger partial charge in [-0.15, -0.1) is 0 Å². The van der Waals surface area contributed by atoms with Gasteiger partial charge in [0.1, 0.15) is 11.0 Å².